The second-order valence-electron chi connectivity index (χ2n) is 10.8. The van der Waals surface area contributed by atoms with Crippen LogP contribution in [0.25, 0.3) is 11.1 Å². The molecule has 4 aromatic rings. The maximum atomic E-state index is 12.1. The molecule has 0 radical (unpaired) electrons. The van der Waals surface area contributed by atoms with E-state index in [1.54, 1.807) is 18.9 Å². The molecule has 3 N–H and O–H groups in total. The predicted octanol–water partition coefficient (Wildman–Crippen LogP) is 6.67. The molecule has 0 bridgehead atoms. The topological polar surface area (TPSA) is 114 Å². The van der Waals surface area contributed by atoms with Crippen molar-refractivity contribution >= 4 is 23.6 Å². The fourth-order valence-electron chi connectivity index (χ4n) is 5.22. The summed E-state index contributed by atoms with van der Waals surface area (Å²) in [5, 5.41) is 21.2. The van der Waals surface area contributed by atoms with Crippen LogP contribution in [-0.2, 0) is 32.2 Å². The SMILES string of the molecule is COc1ccccc1SC[C@@H]1C[C@H](c2ccc(CO)cc2)O[C@H](c2ccc(-c3ccccc3CNC(=O)CCC(=O)O)cc2)O1. The van der Waals surface area contributed by atoms with Crippen molar-refractivity contribution in [3.63, 3.8) is 0 Å². The van der Waals surface area contributed by atoms with Gasteiger partial charge in [0.2, 0.25) is 5.91 Å². The minimum atomic E-state index is -0.996. The van der Waals surface area contributed by atoms with Gasteiger partial charge in [-0.2, -0.15) is 0 Å². The Hall–Kier alpha value is -4.15. The number of amides is 1. The summed E-state index contributed by atoms with van der Waals surface area (Å²) in [6.45, 7) is 0.288. The zero-order chi connectivity index (χ0) is 31.6. The first kappa shape index (κ1) is 32.2. The van der Waals surface area contributed by atoms with Gasteiger partial charge in [-0.3, -0.25) is 9.59 Å². The third kappa shape index (κ3) is 8.73. The van der Waals surface area contributed by atoms with Crippen molar-refractivity contribution < 1.29 is 34.0 Å². The number of methoxy groups -OCH3 is 1. The van der Waals surface area contributed by atoms with Gasteiger partial charge in [0.25, 0.3) is 0 Å². The van der Waals surface area contributed by atoms with E-state index in [0.717, 1.165) is 49.8 Å². The van der Waals surface area contributed by atoms with E-state index in [0.29, 0.717) is 13.0 Å². The number of carboxylic acids is 1. The minimum absolute atomic E-state index is 0.0116. The van der Waals surface area contributed by atoms with Crippen molar-refractivity contribution in [2.45, 2.75) is 55.8 Å². The molecule has 1 heterocycles. The van der Waals surface area contributed by atoms with E-state index < -0.39 is 12.3 Å². The molecule has 234 valence electrons. The second-order valence-corrected chi connectivity index (χ2v) is 11.8. The number of para-hydroxylation sites is 1. The van der Waals surface area contributed by atoms with E-state index in [2.05, 4.69) is 5.32 Å². The van der Waals surface area contributed by atoms with E-state index in [9.17, 15) is 14.7 Å². The number of ether oxygens (including phenoxy) is 3. The highest BCUT2D eigenvalue weighted by atomic mass is 32.2. The predicted molar refractivity (Wildman–Crippen MR) is 173 cm³/mol. The van der Waals surface area contributed by atoms with E-state index in [4.69, 9.17) is 19.3 Å². The van der Waals surface area contributed by atoms with Crippen LogP contribution < -0.4 is 10.1 Å². The van der Waals surface area contributed by atoms with Crippen LogP contribution in [0.1, 0.15) is 53.9 Å². The van der Waals surface area contributed by atoms with Gasteiger partial charge >= 0.3 is 5.97 Å². The lowest BCUT2D eigenvalue weighted by Crippen LogP contribution is -2.31. The number of rotatable bonds is 13. The monoisotopic (exact) mass is 627 g/mol. The molecule has 1 aliphatic heterocycles. The lowest BCUT2D eigenvalue weighted by atomic mass is 9.97. The van der Waals surface area contributed by atoms with Gasteiger partial charge in [-0.15, -0.1) is 11.8 Å². The number of aliphatic hydroxyl groups excluding tert-OH is 1. The van der Waals surface area contributed by atoms with Crippen molar-refractivity contribution in [1.82, 2.24) is 5.32 Å². The molecule has 0 unspecified atom stereocenters. The van der Waals surface area contributed by atoms with Crippen LogP contribution in [0.3, 0.4) is 0 Å². The van der Waals surface area contributed by atoms with Gasteiger partial charge in [0.1, 0.15) is 5.75 Å². The Bertz CT molecular complexity index is 1580. The number of nitrogens with one attached hydrogen (secondary N) is 1. The van der Waals surface area contributed by atoms with Crippen LogP contribution in [-0.4, -0.2) is 41.1 Å². The maximum Gasteiger partial charge on any atom is 0.303 e. The van der Waals surface area contributed by atoms with Crippen molar-refractivity contribution in [1.29, 1.82) is 0 Å². The number of carboxylic acid groups (broad SMARTS) is 1. The zero-order valence-electron chi connectivity index (χ0n) is 25.1. The van der Waals surface area contributed by atoms with Gasteiger partial charge in [0.05, 0.1) is 32.3 Å². The molecule has 8 nitrogen and oxygen atoms in total. The molecule has 0 spiro atoms. The van der Waals surface area contributed by atoms with Gasteiger partial charge in [-0.05, 0) is 39.9 Å². The third-order valence-electron chi connectivity index (χ3n) is 7.66. The summed E-state index contributed by atoms with van der Waals surface area (Å²) in [5.41, 5.74) is 5.65. The Morgan fingerprint density at radius 3 is 2.33 bits per heavy atom. The summed E-state index contributed by atoms with van der Waals surface area (Å²) in [6, 6.07) is 31.7. The largest absolute Gasteiger partial charge is 0.496 e. The fraction of sp³-hybridized carbons (Fsp3) is 0.278. The summed E-state index contributed by atoms with van der Waals surface area (Å²) >= 11 is 1.69. The highest BCUT2D eigenvalue weighted by Crippen LogP contribution is 2.41. The molecular formula is C36H37NO7S. The Balaban J connectivity index is 1.32. The fourth-order valence-corrected chi connectivity index (χ4v) is 6.27. The Morgan fingerprint density at radius 2 is 1.60 bits per heavy atom. The van der Waals surface area contributed by atoms with E-state index in [1.165, 1.54) is 0 Å². The number of carbonyl (C=O) groups is 2. The molecule has 45 heavy (non-hydrogen) atoms. The van der Waals surface area contributed by atoms with Crippen LogP contribution in [0.4, 0.5) is 0 Å². The van der Waals surface area contributed by atoms with Crippen molar-refractivity contribution in [3.8, 4) is 16.9 Å². The number of benzene rings is 4. The first-order valence-electron chi connectivity index (χ1n) is 14.9. The number of hydrogen-bond acceptors (Lipinski definition) is 7. The number of thioether (sulfide) groups is 1. The van der Waals surface area contributed by atoms with Gasteiger partial charge in [0.15, 0.2) is 6.29 Å². The van der Waals surface area contributed by atoms with Crippen LogP contribution >= 0.6 is 11.8 Å². The van der Waals surface area contributed by atoms with Gasteiger partial charge in [-0.25, -0.2) is 0 Å². The Morgan fingerprint density at radius 1 is 0.889 bits per heavy atom. The van der Waals surface area contributed by atoms with Crippen LogP contribution in [0.15, 0.2) is 102 Å². The van der Waals surface area contributed by atoms with E-state index in [1.807, 2.05) is 97.1 Å². The maximum absolute atomic E-state index is 12.1. The number of aliphatic hydroxyl groups is 1. The highest BCUT2D eigenvalue weighted by molar-refractivity contribution is 7.99. The summed E-state index contributed by atoms with van der Waals surface area (Å²) in [7, 11) is 1.67. The molecule has 1 aliphatic rings. The van der Waals surface area contributed by atoms with Crippen molar-refractivity contribution in [2.24, 2.45) is 0 Å². The normalized spacial score (nSPS) is 17.9. The summed E-state index contributed by atoms with van der Waals surface area (Å²) < 4.78 is 18.6. The molecule has 1 saturated heterocycles. The average molecular weight is 628 g/mol. The molecular weight excluding hydrogens is 590 g/mol. The van der Waals surface area contributed by atoms with Crippen molar-refractivity contribution in [2.75, 3.05) is 12.9 Å². The molecule has 0 saturated carbocycles. The number of aliphatic carboxylic acids is 1. The second kappa shape index (κ2) is 15.7. The van der Waals surface area contributed by atoms with E-state index >= 15 is 0 Å². The molecule has 0 aromatic heterocycles. The number of hydrogen-bond donors (Lipinski definition) is 3. The molecule has 0 aliphatic carbocycles. The van der Waals surface area contributed by atoms with Crippen LogP contribution in [0, 0.1) is 0 Å². The Kier molecular flexibility index (Phi) is 11.3. The summed E-state index contributed by atoms with van der Waals surface area (Å²) in [5.74, 6) is 0.254. The zero-order valence-corrected chi connectivity index (χ0v) is 25.9. The molecule has 1 amide bonds. The van der Waals surface area contributed by atoms with Gasteiger partial charge in [-0.1, -0.05) is 84.9 Å². The van der Waals surface area contributed by atoms with Gasteiger partial charge in [0, 0.05) is 35.6 Å². The molecule has 5 rings (SSSR count). The highest BCUT2D eigenvalue weighted by Gasteiger charge is 2.32. The first-order valence-corrected chi connectivity index (χ1v) is 15.8. The standard InChI is InChI=1S/C36H37NO7S/c1-42-31-8-4-5-9-33(31)45-23-29-20-32(26-12-10-24(22-38)11-13-26)44-36(43-29)27-16-14-25(15-17-27)30-7-3-2-6-28(30)21-37-34(39)18-19-35(40)41/h2-17,29,32,36,38H,18-23H2,1H3,(H,37,39)(H,40,41)/t29-,32+,36+/m0/s1. The number of carbonyl (C=O) groups excluding carboxylic acids is 1. The molecule has 1 fully saturated rings. The first-order chi connectivity index (χ1) is 21.9. The summed E-state index contributed by atoms with van der Waals surface area (Å²) in [6.07, 6.45) is -0.437. The van der Waals surface area contributed by atoms with Crippen LogP contribution in [0.2, 0.25) is 0 Å². The molecule has 3 atom stereocenters. The lowest BCUT2D eigenvalue weighted by molar-refractivity contribution is -0.245. The average Bonchev–Trinajstić information content (AvgIpc) is 3.09. The minimum Gasteiger partial charge on any atom is -0.496 e. The van der Waals surface area contributed by atoms with Crippen molar-refractivity contribution in [3.05, 3.63) is 119 Å². The van der Waals surface area contributed by atoms with Crippen LogP contribution in [0.5, 0.6) is 5.75 Å². The smallest absolute Gasteiger partial charge is 0.303 e. The Labute approximate surface area is 267 Å². The molecule has 9 heteroatoms. The summed E-state index contributed by atoms with van der Waals surface area (Å²) in [4.78, 5) is 24.0. The van der Waals surface area contributed by atoms with E-state index in [-0.39, 0.29) is 37.6 Å². The molecule has 4 aromatic carbocycles. The lowest BCUT2D eigenvalue weighted by Gasteiger charge is -2.36. The quantitative estimate of drug-likeness (QED) is 0.141. The third-order valence-corrected chi connectivity index (χ3v) is 8.85. The van der Waals surface area contributed by atoms with Gasteiger partial charge < -0.3 is 29.7 Å².